The van der Waals surface area contributed by atoms with Crippen LogP contribution < -0.4 is 5.32 Å². The first-order valence-corrected chi connectivity index (χ1v) is 7.76. The number of benzene rings is 1. The molecule has 1 aliphatic carbocycles. The zero-order chi connectivity index (χ0) is 13.2. The van der Waals surface area contributed by atoms with E-state index in [-0.39, 0.29) is 0 Å². The molecule has 0 spiro atoms. The molecule has 1 aromatic carbocycles. The summed E-state index contributed by atoms with van der Waals surface area (Å²) in [5.74, 6) is 0.465. The summed E-state index contributed by atoms with van der Waals surface area (Å²) in [5, 5.41) is 5.27. The lowest BCUT2D eigenvalue weighted by Gasteiger charge is -2.33. The zero-order valence-corrected chi connectivity index (χ0v) is 12.4. The van der Waals surface area contributed by atoms with Gasteiger partial charge in [0.05, 0.1) is 6.61 Å². The molecule has 1 saturated carbocycles. The van der Waals surface area contributed by atoms with Gasteiger partial charge in [-0.25, -0.2) is 0 Å². The summed E-state index contributed by atoms with van der Waals surface area (Å²) < 4.78 is 5.64. The highest BCUT2D eigenvalue weighted by Gasteiger charge is 2.32. The quantitative estimate of drug-likeness (QED) is 0.915. The predicted octanol–water partition coefficient (Wildman–Crippen LogP) is 3.69. The van der Waals surface area contributed by atoms with Crippen LogP contribution in [0.15, 0.2) is 18.2 Å². The maximum atomic E-state index is 6.27. The molecule has 4 heteroatoms. The lowest BCUT2D eigenvalue weighted by molar-refractivity contribution is 0.0316. The highest BCUT2D eigenvalue weighted by molar-refractivity contribution is 6.35. The van der Waals surface area contributed by atoms with Crippen LogP contribution in [0.25, 0.3) is 0 Å². The third kappa shape index (κ3) is 3.43. The van der Waals surface area contributed by atoms with E-state index < -0.39 is 0 Å². The minimum atomic E-state index is 0.465. The van der Waals surface area contributed by atoms with Crippen LogP contribution in [-0.2, 0) is 11.2 Å². The molecule has 1 saturated heterocycles. The summed E-state index contributed by atoms with van der Waals surface area (Å²) in [6.07, 6.45) is 4.61. The van der Waals surface area contributed by atoms with Gasteiger partial charge in [0, 0.05) is 34.7 Å². The Morgan fingerprint density at radius 3 is 2.58 bits per heavy atom. The van der Waals surface area contributed by atoms with Crippen LogP contribution in [0.2, 0.25) is 10.0 Å². The molecule has 2 nitrogen and oxygen atoms in total. The molecular formula is C15H19Cl2NO. The second kappa shape index (κ2) is 6.01. The topological polar surface area (TPSA) is 21.3 Å². The Kier molecular flexibility index (Phi) is 4.33. The van der Waals surface area contributed by atoms with Crippen molar-refractivity contribution in [2.24, 2.45) is 5.92 Å². The monoisotopic (exact) mass is 299 g/mol. The third-order valence-electron chi connectivity index (χ3n) is 4.03. The summed E-state index contributed by atoms with van der Waals surface area (Å²) in [5.41, 5.74) is 1.06. The summed E-state index contributed by atoms with van der Waals surface area (Å²) in [7, 11) is 0. The molecule has 1 heterocycles. The summed E-state index contributed by atoms with van der Waals surface area (Å²) in [6, 6.07) is 6.98. The maximum Gasteiger partial charge on any atom is 0.0512 e. The SMILES string of the molecule is Clc1cccc(Cl)c1C[C@@H]1COCC[C@@H]1NC1CC1. The Bertz CT molecular complexity index is 428. The summed E-state index contributed by atoms with van der Waals surface area (Å²) in [6.45, 7) is 1.66. The van der Waals surface area contributed by atoms with E-state index in [2.05, 4.69) is 5.32 Å². The molecule has 0 radical (unpaired) electrons. The second-order valence-corrected chi connectivity index (χ2v) is 6.39. The molecule has 0 amide bonds. The maximum absolute atomic E-state index is 6.27. The van der Waals surface area contributed by atoms with Crippen molar-refractivity contribution in [2.75, 3.05) is 13.2 Å². The Morgan fingerprint density at radius 2 is 1.89 bits per heavy atom. The normalized spacial score (nSPS) is 27.5. The number of halogens is 2. The van der Waals surface area contributed by atoms with Gasteiger partial charge in [0.25, 0.3) is 0 Å². The van der Waals surface area contributed by atoms with Crippen LogP contribution in [0.1, 0.15) is 24.8 Å². The van der Waals surface area contributed by atoms with Crippen molar-refractivity contribution in [2.45, 2.75) is 37.8 Å². The molecule has 1 N–H and O–H groups in total. The number of rotatable bonds is 4. The van der Waals surface area contributed by atoms with Crippen molar-refractivity contribution in [1.29, 1.82) is 0 Å². The van der Waals surface area contributed by atoms with E-state index in [0.717, 1.165) is 47.7 Å². The van der Waals surface area contributed by atoms with E-state index in [1.54, 1.807) is 0 Å². The van der Waals surface area contributed by atoms with Gasteiger partial charge < -0.3 is 10.1 Å². The van der Waals surface area contributed by atoms with E-state index in [4.69, 9.17) is 27.9 Å². The largest absolute Gasteiger partial charge is 0.381 e. The highest BCUT2D eigenvalue weighted by Crippen LogP contribution is 2.31. The smallest absolute Gasteiger partial charge is 0.0512 e. The predicted molar refractivity (Wildman–Crippen MR) is 79.0 cm³/mol. The first-order chi connectivity index (χ1) is 9.24. The lowest BCUT2D eigenvalue weighted by Crippen LogP contribution is -2.44. The van der Waals surface area contributed by atoms with Gasteiger partial charge in [-0.2, -0.15) is 0 Å². The van der Waals surface area contributed by atoms with Crippen molar-refractivity contribution in [3.63, 3.8) is 0 Å². The van der Waals surface area contributed by atoms with E-state index in [1.165, 1.54) is 12.8 Å². The molecule has 3 rings (SSSR count). The molecule has 2 atom stereocenters. The Labute approximate surface area is 124 Å². The number of hydrogen-bond acceptors (Lipinski definition) is 2. The molecule has 1 aliphatic heterocycles. The first-order valence-electron chi connectivity index (χ1n) is 7.00. The molecule has 104 valence electrons. The lowest BCUT2D eigenvalue weighted by atomic mass is 9.89. The highest BCUT2D eigenvalue weighted by atomic mass is 35.5. The molecule has 2 aliphatic rings. The number of ether oxygens (including phenoxy) is 1. The van der Waals surface area contributed by atoms with Gasteiger partial charge in [-0.15, -0.1) is 0 Å². The molecule has 0 unspecified atom stereocenters. The number of hydrogen-bond donors (Lipinski definition) is 1. The fraction of sp³-hybridized carbons (Fsp3) is 0.600. The van der Waals surface area contributed by atoms with Crippen LogP contribution >= 0.6 is 23.2 Å². The van der Waals surface area contributed by atoms with Crippen LogP contribution in [0, 0.1) is 5.92 Å². The van der Waals surface area contributed by atoms with Crippen molar-refractivity contribution < 1.29 is 4.74 Å². The van der Waals surface area contributed by atoms with Crippen LogP contribution in [-0.4, -0.2) is 25.3 Å². The van der Waals surface area contributed by atoms with Crippen LogP contribution in [0.5, 0.6) is 0 Å². The molecule has 0 bridgehead atoms. The van der Waals surface area contributed by atoms with E-state index in [1.807, 2.05) is 18.2 Å². The average Bonchev–Trinajstić information content (AvgIpc) is 3.20. The fourth-order valence-electron chi connectivity index (χ4n) is 2.76. The summed E-state index contributed by atoms with van der Waals surface area (Å²) in [4.78, 5) is 0. The van der Waals surface area contributed by atoms with Gasteiger partial charge in [0.2, 0.25) is 0 Å². The summed E-state index contributed by atoms with van der Waals surface area (Å²) >= 11 is 12.5. The van der Waals surface area contributed by atoms with E-state index >= 15 is 0 Å². The molecule has 2 fully saturated rings. The van der Waals surface area contributed by atoms with Gasteiger partial charge in [-0.3, -0.25) is 0 Å². The molecular weight excluding hydrogens is 281 g/mol. The third-order valence-corrected chi connectivity index (χ3v) is 4.74. The zero-order valence-electron chi connectivity index (χ0n) is 10.9. The Hall–Kier alpha value is -0.280. The van der Waals surface area contributed by atoms with Crippen LogP contribution in [0.3, 0.4) is 0 Å². The number of nitrogens with one attached hydrogen (secondary N) is 1. The minimum absolute atomic E-state index is 0.465. The Morgan fingerprint density at radius 1 is 1.16 bits per heavy atom. The van der Waals surface area contributed by atoms with Gasteiger partial charge in [0.15, 0.2) is 0 Å². The second-order valence-electron chi connectivity index (χ2n) is 5.58. The van der Waals surface area contributed by atoms with Crippen molar-refractivity contribution in [3.8, 4) is 0 Å². The van der Waals surface area contributed by atoms with Gasteiger partial charge in [0.1, 0.15) is 0 Å². The molecule has 0 aromatic heterocycles. The van der Waals surface area contributed by atoms with Crippen molar-refractivity contribution in [3.05, 3.63) is 33.8 Å². The van der Waals surface area contributed by atoms with E-state index in [0.29, 0.717) is 12.0 Å². The molecule has 19 heavy (non-hydrogen) atoms. The standard InChI is InChI=1S/C15H19Cl2NO/c16-13-2-1-3-14(17)12(13)8-10-9-19-7-6-15(10)18-11-4-5-11/h1-3,10-11,15,18H,4-9H2/t10-,15+/m1/s1. The average molecular weight is 300 g/mol. The van der Waals surface area contributed by atoms with Gasteiger partial charge in [-0.1, -0.05) is 29.3 Å². The van der Waals surface area contributed by atoms with Crippen molar-refractivity contribution in [1.82, 2.24) is 5.32 Å². The minimum Gasteiger partial charge on any atom is -0.381 e. The van der Waals surface area contributed by atoms with Crippen molar-refractivity contribution >= 4 is 23.2 Å². The Balaban J connectivity index is 1.71. The van der Waals surface area contributed by atoms with Gasteiger partial charge in [-0.05, 0) is 43.4 Å². The van der Waals surface area contributed by atoms with Gasteiger partial charge >= 0.3 is 0 Å². The van der Waals surface area contributed by atoms with E-state index in [9.17, 15) is 0 Å². The first kappa shape index (κ1) is 13.7. The van der Waals surface area contributed by atoms with Crippen LogP contribution in [0.4, 0.5) is 0 Å². The fourth-order valence-corrected chi connectivity index (χ4v) is 3.31. The molecule has 1 aromatic rings.